The minimum Gasteiger partial charge on any atom is -0.494 e. The van der Waals surface area contributed by atoms with Gasteiger partial charge in [-0.3, -0.25) is 0 Å². The van der Waals surface area contributed by atoms with E-state index in [0.29, 0.717) is 19.0 Å². The van der Waals surface area contributed by atoms with Gasteiger partial charge in [0.05, 0.1) is 25.9 Å². The lowest BCUT2D eigenvalue weighted by Gasteiger charge is -2.29. The van der Waals surface area contributed by atoms with Gasteiger partial charge in [0.2, 0.25) is 0 Å². The number of ether oxygens (including phenoxy) is 3. The Labute approximate surface area is 169 Å². The largest absolute Gasteiger partial charge is 0.494 e. The first-order valence-electron chi connectivity index (χ1n) is 10.1. The molecule has 1 fully saturated rings. The number of benzene rings is 2. The van der Waals surface area contributed by atoms with Gasteiger partial charge in [-0.2, -0.15) is 13.2 Å². The normalized spacial score (nSPS) is 19.9. The molecule has 1 aliphatic heterocycles. The van der Waals surface area contributed by atoms with E-state index in [4.69, 9.17) is 14.2 Å². The molecular formula is C23H27F3O3. The zero-order valence-electron chi connectivity index (χ0n) is 16.6. The molecule has 0 radical (unpaired) electrons. The Bertz CT molecular complexity index is 733. The number of hydrogen-bond donors (Lipinski definition) is 0. The van der Waals surface area contributed by atoms with Crippen molar-refractivity contribution in [2.75, 3.05) is 19.8 Å². The van der Waals surface area contributed by atoms with Crippen LogP contribution in [0.25, 0.3) is 11.1 Å². The molecule has 0 aliphatic carbocycles. The molecule has 0 aromatic heterocycles. The summed E-state index contributed by atoms with van der Waals surface area (Å²) in [5.74, 6) is 0.571. The summed E-state index contributed by atoms with van der Waals surface area (Å²) in [4.78, 5) is 0. The van der Waals surface area contributed by atoms with Gasteiger partial charge in [-0.25, -0.2) is 0 Å². The smallest absolute Gasteiger partial charge is 0.389 e. The van der Waals surface area contributed by atoms with E-state index >= 15 is 0 Å². The molecule has 0 bridgehead atoms. The minimum atomic E-state index is -4.13. The standard InChI is InChI=1S/C23H27F3O3/c1-2-4-21-15-29-22(16-28-21)19-7-5-17(6-8-19)18-9-11-20(12-10-18)27-14-3-13-23(24,25)26/h5-12,21-22H,2-4,13-16H2,1H3/t21-,22-/m0/s1. The lowest BCUT2D eigenvalue weighted by molar-refractivity contribution is -0.137. The zero-order chi connectivity index (χ0) is 20.7. The maximum atomic E-state index is 12.1. The molecule has 3 nitrogen and oxygen atoms in total. The molecule has 1 heterocycles. The van der Waals surface area contributed by atoms with Crippen molar-refractivity contribution in [3.8, 4) is 16.9 Å². The molecular weight excluding hydrogens is 381 g/mol. The van der Waals surface area contributed by atoms with Gasteiger partial charge in [-0.1, -0.05) is 49.7 Å². The number of hydrogen-bond acceptors (Lipinski definition) is 3. The van der Waals surface area contributed by atoms with Crippen molar-refractivity contribution in [2.24, 2.45) is 0 Å². The molecule has 2 aromatic carbocycles. The van der Waals surface area contributed by atoms with Gasteiger partial charge in [0, 0.05) is 6.42 Å². The van der Waals surface area contributed by atoms with Crippen LogP contribution in [0.3, 0.4) is 0 Å². The summed E-state index contributed by atoms with van der Waals surface area (Å²) in [5.41, 5.74) is 3.16. The van der Waals surface area contributed by atoms with E-state index in [1.54, 1.807) is 12.1 Å². The fourth-order valence-electron chi connectivity index (χ4n) is 3.32. The van der Waals surface area contributed by atoms with Crippen molar-refractivity contribution in [1.82, 2.24) is 0 Å². The Balaban J connectivity index is 1.51. The summed E-state index contributed by atoms with van der Waals surface area (Å²) < 4.78 is 53.6. The van der Waals surface area contributed by atoms with E-state index in [1.807, 2.05) is 36.4 Å². The van der Waals surface area contributed by atoms with Crippen molar-refractivity contribution in [1.29, 1.82) is 0 Å². The molecule has 0 N–H and O–H groups in total. The van der Waals surface area contributed by atoms with Crippen LogP contribution in [0.4, 0.5) is 13.2 Å². The van der Waals surface area contributed by atoms with Gasteiger partial charge in [0.1, 0.15) is 11.9 Å². The summed E-state index contributed by atoms with van der Waals surface area (Å²) in [6.45, 7) is 3.39. The first kappa shape index (κ1) is 21.7. The number of rotatable bonds is 8. The third-order valence-corrected chi connectivity index (χ3v) is 4.92. The topological polar surface area (TPSA) is 27.7 Å². The van der Waals surface area contributed by atoms with Crippen molar-refractivity contribution in [3.63, 3.8) is 0 Å². The van der Waals surface area contributed by atoms with Crippen molar-refractivity contribution in [3.05, 3.63) is 54.1 Å². The average molecular weight is 408 g/mol. The molecule has 0 amide bonds. The maximum absolute atomic E-state index is 12.1. The van der Waals surface area contributed by atoms with Gasteiger partial charge >= 0.3 is 6.18 Å². The van der Waals surface area contributed by atoms with Crippen LogP contribution < -0.4 is 4.74 Å². The van der Waals surface area contributed by atoms with Crippen molar-refractivity contribution < 1.29 is 27.4 Å². The van der Waals surface area contributed by atoms with E-state index in [0.717, 1.165) is 29.5 Å². The van der Waals surface area contributed by atoms with Crippen molar-refractivity contribution >= 4 is 0 Å². The predicted octanol–water partition coefficient (Wildman–Crippen LogP) is 6.33. The number of halogens is 3. The summed E-state index contributed by atoms with van der Waals surface area (Å²) >= 11 is 0. The maximum Gasteiger partial charge on any atom is 0.389 e. The quantitative estimate of drug-likeness (QED) is 0.478. The van der Waals surface area contributed by atoms with Crippen LogP contribution in [0.15, 0.2) is 48.5 Å². The van der Waals surface area contributed by atoms with Gasteiger partial charge in [-0.15, -0.1) is 0 Å². The predicted molar refractivity (Wildman–Crippen MR) is 106 cm³/mol. The fraction of sp³-hybridized carbons (Fsp3) is 0.478. The van der Waals surface area contributed by atoms with Crippen molar-refractivity contribution in [2.45, 2.75) is 51.0 Å². The highest BCUT2D eigenvalue weighted by Crippen LogP contribution is 2.28. The zero-order valence-corrected chi connectivity index (χ0v) is 16.6. The van der Waals surface area contributed by atoms with E-state index < -0.39 is 12.6 Å². The van der Waals surface area contributed by atoms with E-state index in [-0.39, 0.29) is 25.2 Å². The first-order valence-corrected chi connectivity index (χ1v) is 10.1. The van der Waals surface area contributed by atoms with Gasteiger partial charge in [0.25, 0.3) is 0 Å². The highest BCUT2D eigenvalue weighted by molar-refractivity contribution is 5.64. The third-order valence-electron chi connectivity index (χ3n) is 4.92. The third kappa shape index (κ3) is 6.75. The molecule has 2 atom stereocenters. The van der Waals surface area contributed by atoms with Crippen LogP contribution in [-0.4, -0.2) is 32.1 Å². The fourth-order valence-corrected chi connectivity index (χ4v) is 3.32. The second kappa shape index (κ2) is 10.1. The number of alkyl halides is 3. The monoisotopic (exact) mass is 408 g/mol. The Morgan fingerprint density at radius 2 is 1.59 bits per heavy atom. The second-order valence-corrected chi connectivity index (χ2v) is 7.28. The van der Waals surface area contributed by atoms with Crippen LogP contribution >= 0.6 is 0 Å². The van der Waals surface area contributed by atoms with Crippen LogP contribution in [0.2, 0.25) is 0 Å². The van der Waals surface area contributed by atoms with Gasteiger partial charge in [-0.05, 0) is 41.7 Å². The summed E-state index contributed by atoms with van der Waals surface area (Å²) in [5, 5.41) is 0. The second-order valence-electron chi connectivity index (χ2n) is 7.28. The van der Waals surface area contributed by atoms with Gasteiger partial charge in [0.15, 0.2) is 0 Å². The van der Waals surface area contributed by atoms with Crippen LogP contribution in [0, 0.1) is 0 Å². The van der Waals surface area contributed by atoms with E-state index in [9.17, 15) is 13.2 Å². The van der Waals surface area contributed by atoms with E-state index in [1.165, 1.54) is 0 Å². The SMILES string of the molecule is CCC[C@H]1CO[C@H](c2ccc(-c3ccc(OCCCC(F)(F)F)cc3)cc2)CO1. The minimum absolute atomic E-state index is 0.0374. The molecule has 1 saturated heterocycles. The molecule has 158 valence electrons. The summed E-state index contributed by atoms with van der Waals surface area (Å²) in [6, 6.07) is 15.5. The Morgan fingerprint density at radius 3 is 2.14 bits per heavy atom. The molecule has 1 aliphatic rings. The summed E-state index contributed by atoms with van der Waals surface area (Å²) in [6.07, 6.45) is -2.73. The highest BCUT2D eigenvalue weighted by atomic mass is 19.4. The van der Waals surface area contributed by atoms with Crippen LogP contribution in [0.5, 0.6) is 5.75 Å². The lowest BCUT2D eigenvalue weighted by Crippen LogP contribution is -2.30. The molecule has 2 aromatic rings. The molecule has 0 saturated carbocycles. The highest BCUT2D eigenvalue weighted by Gasteiger charge is 2.26. The van der Waals surface area contributed by atoms with Gasteiger partial charge < -0.3 is 14.2 Å². The lowest BCUT2D eigenvalue weighted by atomic mass is 10.0. The molecule has 6 heteroatoms. The van der Waals surface area contributed by atoms with Crippen LogP contribution in [-0.2, 0) is 9.47 Å². The van der Waals surface area contributed by atoms with Crippen LogP contribution in [0.1, 0.15) is 44.3 Å². The molecule has 3 rings (SSSR count). The first-order chi connectivity index (χ1) is 13.9. The molecule has 0 unspecified atom stereocenters. The average Bonchev–Trinajstić information content (AvgIpc) is 2.72. The Kier molecular flexibility index (Phi) is 7.56. The molecule has 0 spiro atoms. The molecule has 29 heavy (non-hydrogen) atoms. The Hall–Kier alpha value is -2.05. The van der Waals surface area contributed by atoms with E-state index in [2.05, 4.69) is 6.92 Å². The Morgan fingerprint density at radius 1 is 0.931 bits per heavy atom. The summed E-state index contributed by atoms with van der Waals surface area (Å²) in [7, 11) is 0.